The summed E-state index contributed by atoms with van der Waals surface area (Å²) in [4.78, 5) is 30.0. The number of halogens is 1. The van der Waals surface area contributed by atoms with Crippen LogP contribution in [-0.2, 0) is 23.8 Å². The Morgan fingerprint density at radius 2 is 2.04 bits per heavy atom. The number of thiophene rings is 1. The molecule has 0 aliphatic carbocycles. The molecule has 0 saturated heterocycles. The first-order chi connectivity index (χ1) is 13.4. The summed E-state index contributed by atoms with van der Waals surface area (Å²) in [6.07, 6.45) is 0.0761. The third kappa shape index (κ3) is 4.98. The number of nitriles is 1. The van der Waals surface area contributed by atoms with Crippen LogP contribution >= 0.6 is 22.9 Å². The molecule has 0 spiro atoms. The smallest absolute Gasteiger partial charge is 0.336 e. The molecule has 0 aromatic carbocycles. The van der Waals surface area contributed by atoms with Crippen LogP contribution in [-0.4, -0.2) is 44.6 Å². The molecule has 0 amide bonds. The van der Waals surface area contributed by atoms with Crippen molar-refractivity contribution in [3.05, 3.63) is 32.6 Å². The van der Waals surface area contributed by atoms with Gasteiger partial charge in [-0.05, 0) is 30.9 Å². The van der Waals surface area contributed by atoms with Gasteiger partial charge in [0.1, 0.15) is 19.1 Å². The summed E-state index contributed by atoms with van der Waals surface area (Å²) in [6, 6.07) is 3.70. The lowest BCUT2D eigenvalue weighted by Gasteiger charge is -2.31. The zero-order valence-electron chi connectivity index (χ0n) is 15.9. The van der Waals surface area contributed by atoms with Gasteiger partial charge < -0.3 is 14.2 Å². The van der Waals surface area contributed by atoms with Crippen molar-refractivity contribution >= 4 is 40.6 Å². The van der Waals surface area contributed by atoms with E-state index >= 15 is 0 Å². The van der Waals surface area contributed by atoms with Crippen LogP contribution in [0.1, 0.15) is 31.7 Å². The molecule has 0 fully saturated rings. The maximum absolute atomic E-state index is 12.8. The van der Waals surface area contributed by atoms with Crippen molar-refractivity contribution in [1.82, 2.24) is 0 Å². The fourth-order valence-electron chi connectivity index (χ4n) is 3.05. The lowest BCUT2D eigenvalue weighted by atomic mass is 9.76. The number of rotatable bonds is 8. The van der Waals surface area contributed by atoms with Gasteiger partial charge >= 0.3 is 11.9 Å². The summed E-state index contributed by atoms with van der Waals surface area (Å²) in [7, 11) is 1.51. The lowest BCUT2D eigenvalue weighted by Crippen LogP contribution is -2.37. The number of hydrogen-bond donors (Lipinski definition) is 0. The first kappa shape index (κ1) is 22.1. The Labute approximate surface area is 172 Å². The van der Waals surface area contributed by atoms with E-state index in [-0.39, 0.29) is 31.8 Å². The predicted octanol–water partition coefficient (Wildman–Crippen LogP) is 3.50. The molecule has 2 heterocycles. The summed E-state index contributed by atoms with van der Waals surface area (Å²) in [5, 5.41) is 10.5. The van der Waals surface area contributed by atoms with Crippen molar-refractivity contribution in [2.75, 3.05) is 26.9 Å². The van der Waals surface area contributed by atoms with Gasteiger partial charge in [0, 0.05) is 24.4 Å². The first-order valence-corrected chi connectivity index (χ1v) is 9.86. The average molecular weight is 425 g/mol. The normalized spacial score (nSPS) is 19.0. The zero-order valence-corrected chi connectivity index (χ0v) is 17.4. The summed E-state index contributed by atoms with van der Waals surface area (Å²) in [6.45, 7) is 3.72. The molecule has 0 bridgehead atoms. The molecule has 150 valence electrons. The number of methoxy groups -OCH3 is 1. The number of aliphatic imine (C=N–C) groups is 1. The molecule has 2 unspecified atom stereocenters. The monoisotopic (exact) mass is 424 g/mol. The fraction of sp³-hybridized carbons (Fsp3) is 0.474. The molecule has 28 heavy (non-hydrogen) atoms. The van der Waals surface area contributed by atoms with Gasteiger partial charge in [-0.2, -0.15) is 5.26 Å². The summed E-state index contributed by atoms with van der Waals surface area (Å²) >= 11 is 7.66. The van der Waals surface area contributed by atoms with Crippen molar-refractivity contribution in [1.29, 1.82) is 5.26 Å². The van der Waals surface area contributed by atoms with Crippen LogP contribution in [0.3, 0.4) is 0 Å². The maximum atomic E-state index is 12.8. The van der Waals surface area contributed by atoms with Gasteiger partial charge in [-0.1, -0.05) is 11.6 Å². The Hall–Kier alpha value is -2.21. The van der Waals surface area contributed by atoms with E-state index in [1.54, 1.807) is 25.3 Å². The molecule has 0 radical (unpaired) electrons. The highest BCUT2D eigenvalue weighted by atomic mass is 35.5. The summed E-state index contributed by atoms with van der Waals surface area (Å²) in [5.41, 5.74) is 1.87. The van der Waals surface area contributed by atoms with E-state index in [4.69, 9.17) is 31.1 Å². The molecule has 9 heteroatoms. The van der Waals surface area contributed by atoms with Crippen LogP contribution < -0.4 is 0 Å². The molecule has 2 atom stereocenters. The molecule has 0 N–H and O–H groups in total. The van der Waals surface area contributed by atoms with Gasteiger partial charge in [0.25, 0.3) is 0 Å². The number of ether oxygens (including phenoxy) is 3. The van der Waals surface area contributed by atoms with E-state index in [2.05, 4.69) is 4.99 Å². The highest BCUT2D eigenvalue weighted by molar-refractivity contribution is 7.14. The molecule has 7 nitrogen and oxygen atoms in total. The molecule has 1 aliphatic heterocycles. The predicted molar refractivity (Wildman–Crippen MR) is 105 cm³/mol. The molecule has 1 aliphatic rings. The van der Waals surface area contributed by atoms with Crippen LogP contribution in [0.2, 0.25) is 4.34 Å². The van der Waals surface area contributed by atoms with E-state index in [1.165, 1.54) is 18.4 Å². The second-order valence-corrected chi connectivity index (χ2v) is 7.58. The lowest BCUT2D eigenvalue weighted by molar-refractivity contribution is -0.148. The Morgan fingerprint density at radius 3 is 2.64 bits per heavy atom. The Kier molecular flexibility index (Phi) is 8.18. The third-order valence-electron chi connectivity index (χ3n) is 4.26. The standard InChI is InChI=1S/C19H21ClN2O5S/c1-11-14(18(23)26-7-4-6-21)16(13-5-10-28-17(13)20)15(12(2)22-11)19(24)27-9-8-25-3/h5,10,15-16H,4,7-9H2,1-3H3. The van der Waals surface area contributed by atoms with Gasteiger partial charge in [-0.3, -0.25) is 9.79 Å². The number of hydrogen-bond acceptors (Lipinski definition) is 8. The molecule has 1 aromatic rings. The van der Waals surface area contributed by atoms with Crippen molar-refractivity contribution in [2.24, 2.45) is 10.9 Å². The molecule has 2 rings (SSSR count). The van der Waals surface area contributed by atoms with E-state index in [1.807, 2.05) is 6.07 Å². The minimum Gasteiger partial charge on any atom is -0.463 e. The molecular weight excluding hydrogens is 404 g/mol. The minimum absolute atomic E-state index is 0.0398. The summed E-state index contributed by atoms with van der Waals surface area (Å²) in [5.74, 6) is -2.63. The van der Waals surface area contributed by atoms with Crippen LogP contribution in [0.25, 0.3) is 0 Å². The summed E-state index contributed by atoms with van der Waals surface area (Å²) < 4.78 is 15.9. The van der Waals surface area contributed by atoms with Gasteiger partial charge in [0.2, 0.25) is 0 Å². The Bertz CT molecular complexity index is 840. The van der Waals surface area contributed by atoms with Crippen LogP contribution in [0.5, 0.6) is 0 Å². The topological polar surface area (TPSA) is 98.0 Å². The number of carbonyl (C=O) groups is 2. The maximum Gasteiger partial charge on any atom is 0.336 e. The average Bonchev–Trinajstić information content (AvgIpc) is 3.06. The Morgan fingerprint density at radius 1 is 1.29 bits per heavy atom. The van der Waals surface area contributed by atoms with Crippen molar-refractivity contribution in [2.45, 2.75) is 26.2 Å². The highest BCUT2D eigenvalue weighted by Gasteiger charge is 2.43. The minimum atomic E-state index is -0.814. The van der Waals surface area contributed by atoms with Gasteiger partial charge in [0.15, 0.2) is 0 Å². The van der Waals surface area contributed by atoms with Crippen molar-refractivity contribution in [3.63, 3.8) is 0 Å². The third-order valence-corrected chi connectivity index (χ3v) is 5.46. The van der Waals surface area contributed by atoms with E-state index < -0.39 is 23.8 Å². The van der Waals surface area contributed by atoms with Crippen molar-refractivity contribution in [3.8, 4) is 6.07 Å². The number of esters is 2. The van der Waals surface area contributed by atoms with Crippen LogP contribution in [0.4, 0.5) is 0 Å². The second-order valence-electron chi connectivity index (χ2n) is 6.06. The van der Waals surface area contributed by atoms with E-state index in [9.17, 15) is 9.59 Å². The quantitative estimate of drug-likeness (QED) is 0.468. The van der Waals surface area contributed by atoms with E-state index in [0.29, 0.717) is 21.3 Å². The SMILES string of the molecule is COCCOC(=O)C1C(C)=NC(C)=C(C(=O)OCCC#N)C1c1ccsc1Cl. The number of allylic oxidation sites excluding steroid dienone is 1. The largest absolute Gasteiger partial charge is 0.463 e. The number of carbonyl (C=O) groups excluding carboxylic acids is 2. The molecular formula is C19H21ClN2O5S. The fourth-order valence-corrected chi connectivity index (χ4v) is 4.05. The van der Waals surface area contributed by atoms with Crippen LogP contribution in [0, 0.1) is 17.2 Å². The Balaban J connectivity index is 2.44. The van der Waals surface area contributed by atoms with Crippen molar-refractivity contribution < 1.29 is 23.8 Å². The van der Waals surface area contributed by atoms with Crippen LogP contribution in [0.15, 0.2) is 27.7 Å². The van der Waals surface area contributed by atoms with Gasteiger partial charge in [-0.25, -0.2) is 4.79 Å². The second kappa shape index (κ2) is 10.4. The van der Waals surface area contributed by atoms with E-state index in [0.717, 1.165) is 0 Å². The highest BCUT2D eigenvalue weighted by Crippen LogP contribution is 2.44. The first-order valence-electron chi connectivity index (χ1n) is 8.60. The molecule has 1 aromatic heterocycles. The van der Waals surface area contributed by atoms with Gasteiger partial charge in [-0.15, -0.1) is 11.3 Å². The number of nitrogens with zero attached hydrogens (tertiary/aromatic N) is 2. The zero-order chi connectivity index (χ0) is 20.7. The van der Waals surface area contributed by atoms with Gasteiger partial charge in [0.05, 0.1) is 29.0 Å². The molecule has 0 saturated carbocycles.